The maximum Gasteiger partial charge on any atom is 0.226 e. The lowest BCUT2D eigenvalue weighted by atomic mass is 9.95. The highest BCUT2D eigenvalue weighted by Gasteiger charge is 2.34. The SMILES string of the molecule is CC1(c2noc(CCCC#N)n2)CCCCO1. The van der Waals surface area contributed by atoms with Crippen molar-refractivity contribution < 1.29 is 9.26 Å². The smallest absolute Gasteiger partial charge is 0.226 e. The summed E-state index contributed by atoms with van der Waals surface area (Å²) in [5, 5.41) is 12.5. The van der Waals surface area contributed by atoms with E-state index in [9.17, 15) is 0 Å². The summed E-state index contributed by atoms with van der Waals surface area (Å²) in [6, 6.07) is 2.10. The van der Waals surface area contributed by atoms with Gasteiger partial charge < -0.3 is 9.26 Å². The molecule has 1 aliphatic heterocycles. The number of aromatic nitrogens is 2. The third kappa shape index (κ3) is 2.83. The summed E-state index contributed by atoms with van der Waals surface area (Å²) < 4.78 is 10.9. The van der Waals surface area contributed by atoms with E-state index in [0.29, 0.717) is 24.6 Å². The highest BCUT2D eigenvalue weighted by molar-refractivity contribution is 5.00. The molecule has 0 N–H and O–H groups in total. The Kier molecular flexibility index (Phi) is 3.75. The van der Waals surface area contributed by atoms with E-state index >= 15 is 0 Å². The third-order valence-corrected chi connectivity index (χ3v) is 3.09. The molecule has 5 heteroatoms. The lowest BCUT2D eigenvalue weighted by Gasteiger charge is -2.30. The van der Waals surface area contributed by atoms with E-state index in [0.717, 1.165) is 32.3 Å². The van der Waals surface area contributed by atoms with Gasteiger partial charge in [0.05, 0.1) is 6.07 Å². The molecule has 0 aromatic carbocycles. The topological polar surface area (TPSA) is 71.9 Å². The van der Waals surface area contributed by atoms with Crippen molar-refractivity contribution in [2.24, 2.45) is 0 Å². The van der Waals surface area contributed by atoms with Crippen LogP contribution in [0.15, 0.2) is 4.52 Å². The van der Waals surface area contributed by atoms with Gasteiger partial charge in [0.15, 0.2) is 0 Å². The van der Waals surface area contributed by atoms with Crippen molar-refractivity contribution in [3.05, 3.63) is 11.7 Å². The summed E-state index contributed by atoms with van der Waals surface area (Å²) in [6.45, 7) is 2.77. The van der Waals surface area contributed by atoms with E-state index in [-0.39, 0.29) is 0 Å². The van der Waals surface area contributed by atoms with Crippen molar-refractivity contribution in [3.8, 4) is 6.07 Å². The second-order valence-electron chi connectivity index (χ2n) is 4.56. The van der Waals surface area contributed by atoms with Gasteiger partial charge in [-0.25, -0.2) is 0 Å². The van der Waals surface area contributed by atoms with Crippen LogP contribution in [0.2, 0.25) is 0 Å². The molecule has 1 aliphatic rings. The van der Waals surface area contributed by atoms with Gasteiger partial charge in [0.25, 0.3) is 0 Å². The predicted octanol–water partition coefficient (Wildman–Crippen LogP) is 2.33. The normalized spacial score (nSPS) is 24.5. The second-order valence-corrected chi connectivity index (χ2v) is 4.56. The van der Waals surface area contributed by atoms with E-state index in [1.54, 1.807) is 0 Å². The number of unbranched alkanes of at least 4 members (excludes halogenated alkanes) is 1. The highest BCUT2D eigenvalue weighted by atomic mass is 16.5. The van der Waals surface area contributed by atoms with Crippen LogP contribution < -0.4 is 0 Å². The Hall–Kier alpha value is -1.41. The first-order valence-electron chi connectivity index (χ1n) is 6.08. The minimum atomic E-state index is -0.394. The molecular weight excluding hydrogens is 218 g/mol. The van der Waals surface area contributed by atoms with Crippen LogP contribution in [-0.4, -0.2) is 16.7 Å². The summed E-state index contributed by atoms with van der Waals surface area (Å²) in [5.41, 5.74) is -0.394. The summed E-state index contributed by atoms with van der Waals surface area (Å²) in [6.07, 6.45) is 5.11. The van der Waals surface area contributed by atoms with Crippen LogP contribution in [0, 0.1) is 11.3 Å². The fraction of sp³-hybridized carbons (Fsp3) is 0.750. The number of rotatable bonds is 4. The van der Waals surface area contributed by atoms with Crippen molar-refractivity contribution in [1.29, 1.82) is 5.26 Å². The Bertz CT molecular complexity index is 402. The lowest BCUT2D eigenvalue weighted by Crippen LogP contribution is -2.31. The molecule has 0 bridgehead atoms. The first-order valence-corrected chi connectivity index (χ1v) is 6.08. The molecule has 17 heavy (non-hydrogen) atoms. The molecule has 2 heterocycles. The summed E-state index contributed by atoms with van der Waals surface area (Å²) in [4.78, 5) is 4.37. The zero-order valence-electron chi connectivity index (χ0n) is 10.1. The third-order valence-electron chi connectivity index (χ3n) is 3.09. The monoisotopic (exact) mass is 235 g/mol. The Morgan fingerprint density at radius 1 is 1.47 bits per heavy atom. The first kappa shape index (κ1) is 12.1. The highest BCUT2D eigenvalue weighted by Crippen LogP contribution is 2.32. The molecule has 1 atom stereocenters. The van der Waals surface area contributed by atoms with Crippen molar-refractivity contribution >= 4 is 0 Å². The second kappa shape index (κ2) is 5.28. The van der Waals surface area contributed by atoms with Crippen LogP contribution in [0.25, 0.3) is 0 Å². The van der Waals surface area contributed by atoms with Crippen molar-refractivity contribution in [3.63, 3.8) is 0 Å². The fourth-order valence-corrected chi connectivity index (χ4v) is 2.00. The van der Waals surface area contributed by atoms with E-state index < -0.39 is 5.60 Å². The molecule has 0 aliphatic carbocycles. The van der Waals surface area contributed by atoms with E-state index in [4.69, 9.17) is 14.5 Å². The van der Waals surface area contributed by atoms with Gasteiger partial charge in [-0.3, -0.25) is 0 Å². The molecule has 5 nitrogen and oxygen atoms in total. The van der Waals surface area contributed by atoms with Gasteiger partial charge in [-0.15, -0.1) is 0 Å². The Morgan fingerprint density at radius 2 is 2.35 bits per heavy atom. The van der Waals surface area contributed by atoms with Crippen LogP contribution in [0.3, 0.4) is 0 Å². The summed E-state index contributed by atoms with van der Waals surface area (Å²) in [7, 11) is 0. The minimum absolute atomic E-state index is 0.394. The number of hydrogen-bond acceptors (Lipinski definition) is 5. The van der Waals surface area contributed by atoms with Crippen molar-refractivity contribution in [1.82, 2.24) is 10.1 Å². The molecule has 1 unspecified atom stereocenters. The standard InChI is InChI=1S/C12H17N3O2/c1-12(7-3-5-9-16-12)11-14-10(17-15-11)6-2-4-8-13/h2-7,9H2,1H3. The summed E-state index contributed by atoms with van der Waals surface area (Å²) in [5.74, 6) is 1.25. The van der Waals surface area contributed by atoms with Gasteiger partial charge in [-0.1, -0.05) is 5.16 Å². The van der Waals surface area contributed by atoms with Crippen molar-refractivity contribution in [2.45, 2.75) is 51.0 Å². The zero-order chi connectivity index (χ0) is 12.1. The molecular formula is C12H17N3O2. The predicted molar refractivity (Wildman–Crippen MR) is 60.0 cm³/mol. The van der Waals surface area contributed by atoms with Crippen molar-refractivity contribution in [2.75, 3.05) is 6.61 Å². The van der Waals surface area contributed by atoms with Gasteiger partial charge >= 0.3 is 0 Å². The molecule has 0 radical (unpaired) electrons. The zero-order valence-corrected chi connectivity index (χ0v) is 10.1. The number of ether oxygens (including phenoxy) is 1. The largest absolute Gasteiger partial charge is 0.367 e. The molecule has 0 amide bonds. The molecule has 1 aromatic heterocycles. The maximum absolute atomic E-state index is 8.46. The summed E-state index contributed by atoms with van der Waals surface area (Å²) >= 11 is 0. The number of hydrogen-bond donors (Lipinski definition) is 0. The molecule has 2 rings (SSSR count). The van der Waals surface area contributed by atoms with Gasteiger partial charge in [-0.2, -0.15) is 10.2 Å². The average molecular weight is 235 g/mol. The Balaban J connectivity index is 1.99. The Labute approximate surface area is 101 Å². The van der Waals surface area contributed by atoms with E-state index in [2.05, 4.69) is 16.2 Å². The van der Waals surface area contributed by atoms with Crippen LogP contribution >= 0.6 is 0 Å². The molecule has 0 saturated carbocycles. The van der Waals surface area contributed by atoms with Crippen LogP contribution in [0.4, 0.5) is 0 Å². The molecule has 0 spiro atoms. The number of nitrogens with zero attached hydrogens (tertiary/aromatic N) is 3. The Morgan fingerprint density at radius 3 is 3.06 bits per heavy atom. The molecule has 1 saturated heterocycles. The van der Waals surface area contributed by atoms with Gasteiger partial charge in [0, 0.05) is 19.4 Å². The van der Waals surface area contributed by atoms with Gasteiger partial charge in [-0.05, 0) is 32.6 Å². The number of aryl methyl sites for hydroxylation is 1. The quantitative estimate of drug-likeness (QED) is 0.749. The molecule has 1 fully saturated rings. The lowest BCUT2D eigenvalue weighted by molar-refractivity contribution is -0.0770. The van der Waals surface area contributed by atoms with Crippen LogP contribution in [-0.2, 0) is 16.8 Å². The molecule has 92 valence electrons. The van der Waals surface area contributed by atoms with E-state index in [1.807, 2.05) is 6.92 Å². The maximum atomic E-state index is 8.46. The minimum Gasteiger partial charge on any atom is -0.367 e. The van der Waals surface area contributed by atoms with Gasteiger partial charge in [0.1, 0.15) is 5.60 Å². The van der Waals surface area contributed by atoms with Crippen LogP contribution in [0.5, 0.6) is 0 Å². The average Bonchev–Trinajstić information content (AvgIpc) is 2.80. The first-order chi connectivity index (χ1) is 8.24. The van der Waals surface area contributed by atoms with Crippen LogP contribution in [0.1, 0.15) is 50.7 Å². The van der Waals surface area contributed by atoms with Gasteiger partial charge in [0.2, 0.25) is 11.7 Å². The number of nitriles is 1. The van der Waals surface area contributed by atoms with E-state index in [1.165, 1.54) is 0 Å². The molecule has 1 aromatic rings. The fourth-order valence-electron chi connectivity index (χ4n) is 2.00.